The van der Waals surface area contributed by atoms with Crippen LogP contribution in [0.5, 0.6) is 5.75 Å². The maximum atomic E-state index is 7.41. The fourth-order valence-corrected chi connectivity index (χ4v) is 2.76. The van der Waals surface area contributed by atoms with Crippen molar-refractivity contribution in [1.29, 1.82) is 5.41 Å². The van der Waals surface area contributed by atoms with Gasteiger partial charge in [0.2, 0.25) is 0 Å². The van der Waals surface area contributed by atoms with Gasteiger partial charge in [0.05, 0.1) is 10.2 Å². The van der Waals surface area contributed by atoms with Crippen molar-refractivity contribution in [1.82, 2.24) is 4.98 Å². The van der Waals surface area contributed by atoms with E-state index in [0.717, 1.165) is 15.2 Å². The zero-order chi connectivity index (χ0) is 13.9. The molecule has 0 bridgehead atoms. The lowest BCUT2D eigenvalue weighted by molar-refractivity contribution is 0.306. The van der Waals surface area contributed by atoms with Crippen molar-refractivity contribution in [2.75, 3.05) is 0 Å². The number of amidine groups is 1. The van der Waals surface area contributed by atoms with Gasteiger partial charge in [0.25, 0.3) is 0 Å². The molecule has 0 aliphatic rings. The molecule has 0 amide bonds. The summed E-state index contributed by atoms with van der Waals surface area (Å²) in [5.74, 6) is 0.729. The number of thiazole rings is 1. The van der Waals surface area contributed by atoms with Gasteiger partial charge >= 0.3 is 0 Å². The van der Waals surface area contributed by atoms with E-state index >= 15 is 0 Å². The van der Waals surface area contributed by atoms with E-state index in [1.165, 1.54) is 0 Å². The second-order valence-corrected chi connectivity index (χ2v) is 5.42. The van der Waals surface area contributed by atoms with Crippen molar-refractivity contribution in [2.24, 2.45) is 5.73 Å². The predicted octanol–water partition coefficient (Wildman–Crippen LogP) is 3.16. The van der Waals surface area contributed by atoms with E-state index in [-0.39, 0.29) is 5.84 Å². The second-order valence-electron chi connectivity index (χ2n) is 4.31. The molecule has 0 saturated heterocycles. The number of hydrogen-bond donors (Lipinski definition) is 2. The Morgan fingerprint density at radius 2 is 2.05 bits per heavy atom. The highest BCUT2D eigenvalue weighted by molar-refractivity contribution is 7.18. The van der Waals surface area contributed by atoms with Gasteiger partial charge in [-0.15, -0.1) is 11.3 Å². The zero-order valence-corrected chi connectivity index (χ0v) is 11.5. The van der Waals surface area contributed by atoms with Gasteiger partial charge in [0, 0.05) is 5.56 Å². The van der Waals surface area contributed by atoms with Crippen LogP contribution in [0.2, 0.25) is 0 Å². The lowest BCUT2D eigenvalue weighted by atomic mass is 10.2. The highest BCUT2D eigenvalue weighted by Crippen LogP contribution is 2.23. The van der Waals surface area contributed by atoms with Gasteiger partial charge in [0.15, 0.2) is 0 Å². The van der Waals surface area contributed by atoms with E-state index in [2.05, 4.69) is 4.98 Å². The van der Waals surface area contributed by atoms with E-state index in [4.69, 9.17) is 15.9 Å². The molecule has 20 heavy (non-hydrogen) atoms. The monoisotopic (exact) mass is 283 g/mol. The Morgan fingerprint density at radius 3 is 2.85 bits per heavy atom. The van der Waals surface area contributed by atoms with Gasteiger partial charge in [-0.3, -0.25) is 5.41 Å². The van der Waals surface area contributed by atoms with Crippen molar-refractivity contribution >= 4 is 27.4 Å². The minimum absolute atomic E-state index is 0.0374. The van der Waals surface area contributed by atoms with Crippen LogP contribution in [0.3, 0.4) is 0 Å². The van der Waals surface area contributed by atoms with Gasteiger partial charge < -0.3 is 10.5 Å². The lowest BCUT2D eigenvalue weighted by Crippen LogP contribution is -2.10. The third-order valence-electron chi connectivity index (χ3n) is 2.85. The number of ether oxygens (including phenoxy) is 1. The molecule has 0 spiro atoms. The van der Waals surface area contributed by atoms with E-state index in [1.54, 1.807) is 23.5 Å². The summed E-state index contributed by atoms with van der Waals surface area (Å²) < 4.78 is 6.86. The summed E-state index contributed by atoms with van der Waals surface area (Å²) in [6.07, 6.45) is 0. The van der Waals surface area contributed by atoms with Crippen LogP contribution in [-0.4, -0.2) is 10.8 Å². The van der Waals surface area contributed by atoms with Crippen molar-refractivity contribution < 1.29 is 4.74 Å². The Balaban J connectivity index is 1.75. The number of fused-ring (bicyclic) bond motifs is 1. The van der Waals surface area contributed by atoms with Crippen LogP contribution in [0.4, 0.5) is 0 Å². The molecule has 1 aromatic heterocycles. The predicted molar refractivity (Wildman–Crippen MR) is 81.4 cm³/mol. The first-order chi connectivity index (χ1) is 9.72. The van der Waals surface area contributed by atoms with Crippen LogP contribution in [-0.2, 0) is 6.61 Å². The summed E-state index contributed by atoms with van der Waals surface area (Å²) in [5, 5.41) is 8.34. The summed E-state index contributed by atoms with van der Waals surface area (Å²) in [7, 11) is 0. The lowest BCUT2D eigenvalue weighted by Gasteiger charge is -2.05. The van der Waals surface area contributed by atoms with Gasteiger partial charge in [-0.1, -0.05) is 24.3 Å². The Labute approximate surface area is 120 Å². The standard InChI is InChI=1S/C15H13N3OS/c16-15(17)10-4-3-5-11(8-10)19-9-14-18-12-6-1-2-7-13(12)20-14/h1-8H,9H2,(H3,16,17). The molecule has 3 rings (SSSR count). The van der Waals surface area contributed by atoms with Crippen LogP contribution in [0.15, 0.2) is 48.5 Å². The molecule has 3 aromatic rings. The molecule has 0 fully saturated rings. The van der Waals surface area contributed by atoms with Gasteiger partial charge in [-0.05, 0) is 24.3 Å². The number of para-hydroxylation sites is 1. The van der Waals surface area contributed by atoms with Crippen LogP contribution in [0.1, 0.15) is 10.6 Å². The Morgan fingerprint density at radius 1 is 1.20 bits per heavy atom. The molecule has 2 aromatic carbocycles. The molecule has 100 valence electrons. The molecule has 0 atom stereocenters. The van der Waals surface area contributed by atoms with Crippen LogP contribution in [0.25, 0.3) is 10.2 Å². The van der Waals surface area contributed by atoms with Gasteiger partial charge in [0.1, 0.15) is 23.2 Å². The number of rotatable bonds is 4. The number of hydrogen-bond acceptors (Lipinski definition) is 4. The van der Waals surface area contributed by atoms with Crippen molar-refractivity contribution in [3.63, 3.8) is 0 Å². The molecular formula is C15H13N3OS. The Hall–Kier alpha value is -2.40. The van der Waals surface area contributed by atoms with Crippen LogP contribution < -0.4 is 10.5 Å². The summed E-state index contributed by atoms with van der Waals surface area (Å²) in [5.41, 5.74) is 7.11. The second kappa shape index (κ2) is 5.30. The highest BCUT2D eigenvalue weighted by Gasteiger charge is 2.05. The zero-order valence-electron chi connectivity index (χ0n) is 10.7. The summed E-state index contributed by atoms with van der Waals surface area (Å²) in [4.78, 5) is 4.51. The number of nitrogens with zero attached hydrogens (tertiary/aromatic N) is 1. The Kier molecular flexibility index (Phi) is 3.35. The molecule has 0 aliphatic carbocycles. The Bertz CT molecular complexity index is 733. The molecule has 3 N–H and O–H groups in total. The molecule has 0 unspecified atom stereocenters. The van der Waals surface area contributed by atoms with Crippen molar-refractivity contribution in [2.45, 2.75) is 6.61 Å². The minimum Gasteiger partial charge on any atom is -0.486 e. The largest absolute Gasteiger partial charge is 0.486 e. The fourth-order valence-electron chi connectivity index (χ4n) is 1.88. The number of nitrogen functional groups attached to an aromatic ring is 1. The third kappa shape index (κ3) is 2.62. The molecule has 1 heterocycles. The summed E-state index contributed by atoms with van der Waals surface area (Å²) >= 11 is 1.62. The quantitative estimate of drug-likeness (QED) is 0.570. The van der Waals surface area contributed by atoms with Crippen molar-refractivity contribution in [3.8, 4) is 5.75 Å². The van der Waals surface area contributed by atoms with Gasteiger partial charge in [-0.25, -0.2) is 4.98 Å². The number of benzene rings is 2. The van der Waals surface area contributed by atoms with Crippen LogP contribution in [0, 0.1) is 5.41 Å². The molecule has 0 aliphatic heterocycles. The first-order valence-corrected chi connectivity index (χ1v) is 6.96. The first-order valence-electron chi connectivity index (χ1n) is 6.14. The average Bonchev–Trinajstić information content (AvgIpc) is 2.88. The highest BCUT2D eigenvalue weighted by atomic mass is 32.1. The number of nitrogens with two attached hydrogens (primary N) is 1. The first kappa shape index (κ1) is 12.6. The van der Waals surface area contributed by atoms with Crippen molar-refractivity contribution in [3.05, 3.63) is 59.1 Å². The maximum absolute atomic E-state index is 7.41. The normalized spacial score (nSPS) is 10.6. The smallest absolute Gasteiger partial charge is 0.140 e. The fraction of sp³-hybridized carbons (Fsp3) is 0.0667. The van der Waals surface area contributed by atoms with Crippen LogP contribution >= 0.6 is 11.3 Å². The molecule has 5 heteroatoms. The van der Waals surface area contributed by atoms with E-state index < -0.39 is 0 Å². The molecular weight excluding hydrogens is 270 g/mol. The van der Waals surface area contributed by atoms with Gasteiger partial charge in [-0.2, -0.15) is 0 Å². The van der Waals surface area contributed by atoms with E-state index in [1.807, 2.05) is 36.4 Å². The topological polar surface area (TPSA) is 72.0 Å². The number of nitrogens with one attached hydrogen (secondary N) is 1. The summed E-state index contributed by atoms with van der Waals surface area (Å²) in [6, 6.07) is 15.2. The minimum atomic E-state index is 0.0374. The number of aromatic nitrogens is 1. The summed E-state index contributed by atoms with van der Waals surface area (Å²) in [6.45, 7) is 0.417. The molecule has 0 saturated carbocycles. The third-order valence-corrected chi connectivity index (χ3v) is 3.86. The molecule has 0 radical (unpaired) electrons. The maximum Gasteiger partial charge on any atom is 0.140 e. The SMILES string of the molecule is N=C(N)c1cccc(OCc2nc3ccccc3s2)c1. The molecule has 4 nitrogen and oxygen atoms in total. The average molecular weight is 283 g/mol. The van der Waals surface area contributed by atoms with E-state index in [0.29, 0.717) is 17.9 Å². The van der Waals surface area contributed by atoms with E-state index in [9.17, 15) is 0 Å².